The van der Waals surface area contributed by atoms with E-state index in [0.29, 0.717) is 41.2 Å². The number of carbonyl (C=O) groups is 2. The van der Waals surface area contributed by atoms with Crippen molar-refractivity contribution in [1.82, 2.24) is 0 Å². The molecule has 0 bridgehead atoms. The molecule has 1 heterocycles. The number of rotatable bonds is 5. The molecule has 3 rings (SSSR count). The predicted molar refractivity (Wildman–Crippen MR) is 86.1 cm³/mol. The lowest BCUT2D eigenvalue weighted by Crippen LogP contribution is -2.38. The van der Waals surface area contributed by atoms with E-state index in [1.165, 1.54) is 17.0 Å². The highest BCUT2D eigenvalue weighted by Gasteiger charge is 2.29. The van der Waals surface area contributed by atoms with E-state index < -0.39 is 0 Å². The molecule has 0 aromatic heterocycles. The second kappa shape index (κ2) is 6.70. The third kappa shape index (κ3) is 3.08. The summed E-state index contributed by atoms with van der Waals surface area (Å²) in [6.45, 7) is 2.26. The minimum Gasteiger partial charge on any atom is -0.490 e. The molecule has 0 aliphatic carbocycles. The van der Waals surface area contributed by atoms with Crippen molar-refractivity contribution in [3.05, 3.63) is 53.3 Å². The van der Waals surface area contributed by atoms with Gasteiger partial charge in [0.2, 0.25) is 0 Å². The summed E-state index contributed by atoms with van der Waals surface area (Å²) < 4.78 is 24.4. The average molecular weight is 329 g/mol. The van der Waals surface area contributed by atoms with Gasteiger partial charge in [-0.3, -0.25) is 9.59 Å². The normalized spacial score (nSPS) is 13.2. The van der Waals surface area contributed by atoms with E-state index in [9.17, 15) is 14.0 Å². The Kier molecular flexibility index (Phi) is 4.46. The van der Waals surface area contributed by atoms with Gasteiger partial charge < -0.3 is 14.4 Å². The molecule has 5 nitrogen and oxygen atoms in total. The second-order valence-electron chi connectivity index (χ2n) is 5.32. The zero-order valence-electron chi connectivity index (χ0n) is 13.1. The van der Waals surface area contributed by atoms with E-state index in [1.54, 1.807) is 24.3 Å². The number of carbonyl (C=O) groups excluding carboxylic acids is 2. The maximum atomic E-state index is 13.4. The molecule has 0 saturated carbocycles. The van der Waals surface area contributed by atoms with Crippen LogP contribution in [0.1, 0.15) is 22.8 Å². The maximum absolute atomic E-state index is 13.4. The fourth-order valence-corrected chi connectivity index (χ4v) is 2.62. The molecule has 0 fully saturated rings. The van der Waals surface area contributed by atoms with Crippen molar-refractivity contribution in [2.45, 2.75) is 13.5 Å². The zero-order chi connectivity index (χ0) is 17.1. The quantitative estimate of drug-likeness (QED) is 0.792. The van der Waals surface area contributed by atoms with Crippen LogP contribution in [0.3, 0.4) is 0 Å². The van der Waals surface area contributed by atoms with E-state index in [1.807, 2.05) is 6.92 Å². The molecule has 6 heteroatoms. The molecule has 1 amide bonds. The number of hydrogen-bond acceptors (Lipinski definition) is 4. The van der Waals surface area contributed by atoms with Gasteiger partial charge in [-0.1, -0.05) is 12.1 Å². The molecule has 0 saturated heterocycles. The number of anilines is 1. The topological polar surface area (TPSA) is 55.8 Å². The summed E-state index contributed by atoms with van der Waals surface area (Å²) in [5.74, 6) is 0.189. The van der Waals surface area contributed by atoms with Gasteiger partial charge in [-0.25, -0.2) is 4.39 Å². The summed E-state index contributed by atoms with van der Waals surface area (Å²) >= 11 is 0. The number of aldehydes is 1. The lowest BCUT2D eigenvalue weighted by atomic mass is 10.1. The summed E-state index contributed by atoms with van der Waals surface area (Å²) in [5.41, 5.74) is 1.47. The molecule has 2 aromatic carbocycles. The van der Waals surface area contributed by atoms with Gasteiger partial charge in [0.1, 0.15) is 12.1 Å². The molecule has 24 heavy (non-hydrogen) atoms. The molecule has 0 atom stereocenters. The maximum Gasteiger partial charge on any atom is 0.265 e. The fourth-order valence-electron chi connectivity index (χ4n) is 2.62. The molecule has 0 N–H and O–H groups in total. The third-order valence-corrected chi connectivity index (χ3v) is 3.66. The van der Waals surface area contributed by atoms with Crippen LogP contribution in [-0.4, -0.2) is 25.4 Å². The monoisotopic (exact) mass is 329 g/mol. The van der Waals surface area contributed by atoms with Crippen molar-refractivity contribution >= 4 is 17.9 Å². The molecular formula is C18H16FNO4. The molecule has 2 aromatic rings. The highest BCUT2D eigenvalue weighted by Crippen LogP contribution is 2.42. The molecule has 1 aliphatic heterocycles. The van der Waals surface area contributed by atoms with Crippen molar-refractivity contribution in [3.8, 4) is 11.5 Å². The van der Waals surface area contributed by atoms with E-state index in [-0.39, 0.29) is 24.9 Å². The Bertz CT molecular complexity index is 791. The summed E-state index contributed by atoms with van der Waals surface area (Å²) in [6.07, 6.45) is 0.683. The van der Waals surface area contributed by atoms with Gasteiger partial charge in [0.15, 0.2) is 18.1 Å². The molecule has 1 aliphatic rings. The second-order valence-corrected chi connectivity index (χ2v) is 5.32. The summed E-state index contributed by atoms with van der Waals surface area (Å²) in [7, 11) is 0. The third-order valence-electron chi connectivity index (χ3n) is 3.66. The standard InChI is InChI=1S/C18H16FNO4/c1-2-23-16-8-13(10-21)7-15-18(16)24-11-17(22)20(15)9-12-4-3-5-14(19)6-12/h3-8,10H,2,9,11H2,1H3. The SMILES string of the molecule is CCOc1cc(C=O)cc2c1OCC(=O)N2Cc1cccc(F)c1. The van der Waals surface area contributed by atoms with Crippen molar-refractivity contribution in [2.75, 3.05) is 18.1 Å². The number of amides is 1. The highest BCUT2D eigenvalue weighted by atomic mass is 19.1. The summed E-state index contributed by atoms with van der Waals surface area (Å²) in [4.78, 5) is 25.0. The number of fused-ring (bicyclic) bond motifs is 1. The van der Waals surface area contributed by atoms with Crippen molar-refractivity contribution in [3.63, 3.8) is 0 Å². The van der Waals surface area contributed by atoms with Gasteiger partial charge in [-0.2, -0.15) is 0 Å². The number of hydrogen-bond donors (Lipinski definition) is 0. The average Bonchev–Trinajstić information content (AvgIpc) is 2.57. The van der Waals surface area contributed by atoms with Crippen molar-refractivity contribution in [1.29, 1.82) is 0 Å². The zero-order valence-corrected chi connectivity index (χ0v) is 13.1. The van der Waals surface area contributed by atoms with Gasteiger partial charge in [-0.05, 0) is 36.8 Å². The van der Waals surface area contributed by atoms with Crippen LogP contribution in [0.15, 0.2) is 36.4 Å². The molecule has 0 spiro atoms. The van der Waals surface area contributed by atoms with Crippen LogP contribution in [0.2, 0.25) is 0 Å². The molecular weight excluding hydrogens is 313 g/mol. The molecule has 0 unspecified atom stereocenters. The molecule has 0 radical (unpaired) electrons. The Balaban J connectivity index is 2.04. The smallest absolute Gasteiger partial charge is 0.265 e. The Labute approximate surface area is 138 Å². The number of nitrogens with zero attached hydrogens (tertiary/aromatic N) is 1. The summed E-state index contributed by atoms with van der Waals surface area (Å²) in [5, 5.41) is 0. The molecule has 124 valence electrons. The minimum absolute atomic E-state index is 0.136. The Morgan fingerprint density at radius 3 is 2.88 bits per heavy atom. The van der Waals surface area contributed by atoms with Crippen molar-refractivity contribution in [2.24, 2.45) is 0 Å². The van der Waals surface area contributed by atoms with Gasteiger partial charge in [-0.15, -0.1) is 0 Å². The van der Waals surface area contributed by atoms with Gasteiger partial charge in [0.05, 0.1) is 18.8 Å². The van der Waals surface area contributed by atoms with E-state index >= 15 is 0 Å². The van der Waals surface area contributed by atoms with Crippen LogP contribution >= 0.6 is 0 Å². The minimum atomic E-state index is -0.370. The Morgan fingerprint density at radius 2 is 2.17 bits per heavy atom. The number of halogens is 1. The number of benzene rings is 2. The largest absolute Gasteiger partial charge is 0.490 e. The van der Waals surface area contributed by atoms with E-state index in [4.69, 9.17) is 9.47 Å². The summed E-state index contributed by atoms with van der Waals surface area (Å²) in [6, 6.07) is 9.18. The fraction of sp³-hybridized carbons (Fsp3) is 0.222. The lowest BCUT2D eigenvalue weighted by Gasteiger charge is -2.30. The Morgan fingerprint density at radius 1 is 1.33 bits per heavy atom. The first-order valence-electron chi connectivity index (χ1n) is 7.56. The van der Waals surface area contributed by atoms with E-state index in [2.05, 4.69) is 0 Å². The van der Waals surface area contributed by atoms with Crippen LogP contribution in [-0.2, 0) is 11.3 Å². The van der Waals surface area contributed by atoms with Gasteiger partial charge in [0.25, 0.3) is 5.91 Å². The first kappa shape index (κ1) is 16.0. The van der Waals surface area contributed by atoms with Gasteiger partial charge >= 0.3 is 0 Å². The van der Waals surface area contributed by atoms with Gasteiger partial charge in [0, 0.05) is 5.56 Å². The van der Waals surface area contributed by atoms with E-state index in [0.717, 1.165) is 0 Å². The highest BCUT2D eigenvalue weighted by molar-refractivity contribution is 5.99. The van der Waals surface area contributed by atoms with Crippen LogP contribution < -0.4 is 14.4 Å². The number of ether oxygens (including phenoxy) is 2. The predicted octanol–water partition coefficient (Wildman–Crippen LogP) is 2.96. The van der Waals surface area contributed by atoms with Crippen LogP contribution in [0.5, 0.6) is 11.5 Å². The van der Waals surface area contributed by atoms with Crippen LogP contribution in [0.4, 0.5) is 10.1 Å². The van der Waals surface area contributed by atoms with Crippen molar-refractivity contribution < 1.29 is 23.5 Å². The Hall–Kier alpha value is -2.89. The van der Waals surface area contributed by atoms with Crippen LogP contribution in [0.25, 0.3) is 0 Å². The lowest BCUT2D eigenvalue weighted by molar-refractivity contribution is -0.121. The first-order valence-corrected chi connectivity index (χ1v) is 7.56. The van der Waals surface area contributed by atoms with Crippen LogP contribution in [0, 0.1) is 5.82 Å². The first-order chi connectivity index (χ1) is 11.6.